The molecule has 0 radical (unpaired) electrons. The summed E-state index contributed by atoms with van der Waals surface area (Å²) in [6, 6.07) is 0. The third-order valence-electron chi connectivity index (χ3n) is 3.26. The Morgan fingerprint density at radius 2 is 1.92 bits per heavy atom. The number of Topliss-reactive ketones (excluding diaryl/α,β-unsaturated/α-hetero) is 2. The van der Waals surface area contributed by atoms with Crippen LogP contribution in [0.4, 0.5) is 0 Å². The molecule has 0 aromatic heterocycles. The summed E-state index contributed by atoms with van der Waals surface area (Å²) in [6.07, 6.45) is 1.47. The van der Waals surface area contributed by atoms with E-state index in [1.54, 1.807) is 6.92 Å². The lowest BCUT2D eigenvalue weighted by atomic mass is 9.67. The molecular formula is C10H14O3. The minimum absolute atomic E-state index is 0.221. The van der Waals surface area contributed by atoms with Gasteiger partial charge >= 0.3 is 0 Å². The van der Waals surface area contributed by atoms with E-state index in [1.807, 2.05) is 13.8 Å². The van der Waals surface area contributed by atoms with E-state index in [-0.39, 0.29) is 17.5 Å². The maximum absolute atomic E-state index is 11.6. The molecule has 3 rings (SSSR count). The molecule has 0 unspecified atom stereocenters. The number of ether oxygens (including phenoxy) is 1. The average Bonchev–Trinajstić information content (AvgIpc) is 1.97. The molecule has 0 aromatic rings. The Kier molecular flexibility index (Phi) is 1.51. The van der Waals surface area contributed by atoms with Gasteiger partial charge in [0.25, 0.3) is 0 Å². The zero-order valence-corrected chi connectivity index (χ0v) is 8.22. The van der Waals surface area contributed by atoms with Crippen molar-refractivity contribution in [1.29, 1.82) is 0 Å². The van der Waals surface area contributed by atoms with Gasteiger partial charge in [0.15, 0.2) is 0 Å². The Bertz CT molecular complexity index is 293. The van der Waals surface area contributed by atoms with Gasteiger partial charge in [0.1, 0.15) is 5.60 Å². The first-order valence-electron chi connectivity index (χ1n) is 4.66. The molecule has 2 atom stereocenters. The molecule has 0 N–H and O–H groups in total. The zero-order chi connectivity index (χ0) is 9.85. The van der Waals surface area contributed by atoms with Crippen LogP contribution in [0.25, 0.3) is 0 Å². The summed E-state index contributed by atoms with van der Waals surface area (Å²) < 4.78 is 5.67. The fourth-order valence-corrected chi connectivity index (χ4v) is 2.50. The highest BCUT2D eigenvalue weighted by Crippen LogP contribution is 2.45. The highest BCUT2D eigenvalue weighted by Gasteiger charge is 2.58. The van der Waals surface area contributed by atoms with Crippen LogP contribution >= 0.6 is 0 Å². The van der Waals surface area contributed by atoms with Crippen LogP contribution in [0.15, 0.2) is 0 Å². The number of rotatable bonds is 0. The molecule has 3 fully saturated rings. The molecule has 1 saturated carbocycles. The predicted molar refractivity (Wildman–Crippen MR) is 46.3 cm³/mol. The molecule has 3 aliphatic rings. The summed E-state index contributed by atoms with van der Waals surface area (Å²) in [4.78, 5) is 23.1. The average molecular weight is 182 g/mol. The molecular weight excluding hydrogens is 168 g/mol. The van der Waals surface area contributed by atoms with Crippen LogP contribution in [0.3, 0.4) is 0 Å². The maximum Gasteiger partial charge on any atom is 0.230 e. The summed E-state index contributed by atoms with van der Waals surface area (Å²) in [6.45, 7) is 5.50. The number of carbonyl (C=O) groups excluding carboxylic acids is 2. The summed E-state index contributed by atoms with van der Waals surface area (Å²) in [5, 5.41) is 0. The molecule has 13 heavy (non-hydrogen) atoms. The first-order chi connectivity index (χ1) is 5.87. The normalized spacial score (nSPS) is 42.5. The summed E-state index contributed by atoms with van der Waals surface area (Å²) >= 11 is 0. The first-order valence-corrected chi connectivity index (χ1v) is 4.66. The maximum atomic E-state index is 11.6. The Labute approximate surface area is 77.4 Å². The zero-order valence-electron chi connectivity index (χ0n) is 8.22. The van der Waals surface area contributed by atoms with Crippen LogP contribution in [-0.2, 0) is 14.3 Å². The monoisotopic (exact) mass is 182 g/mol. The minimum Gasteiger partial charge on any atom is -0.360 e. The van der Waals surface area contributed by atoms with Crippen molar-refractivity contribution in [3.8, 4) is 0 Å². The summed E-state index contributed by atoms with van der Waals surface area (Å²) in [5.74, 6) is -0.782. The van der Waals surface area contributed by atoms with Crippen molar-refractivity contribution in [1.82, 2.24) is 0 Å². The molecule has 1 aliphatic carbocycles. The molecule has 72 valence electrons. The van der Waals surface area contributed by atoms with Crippen LogP contribution in [0.5, 0.6) is 0 Å². The second-order valence-electron chi connectivity index (χ2n) is 4.72. The number of carbonyl (C=O) groups is 2. The molecule has 0 aromatic carbocycles. The van der Waals surface area contributed by atoms with Crippen molar-refractivity contribution in [2.24, 2.45) is 5.92 Å². The van der Waals surface area contributed by atoms with Gasteiger partial charge in [-0.15, -0.1) is 0 Å². The van der Waals surface area contributed by atoms with Gasteiger partial charge in [0, 0.05) is 0 Å². The Hall–Kier alpha value is -0.700. The lowest BCUT2D eigenvalue weighted by Crippen LogP contribution is -2.64. The Balaban J connectivity index is 2.45. The van der Waals surface area contributed by atoms with E-state index in [0.29, 0.717) is 6.42 Å². The highest BCUT2D eigenvalue weighted by molar-refractivity contribution is 6.42. The van der Waals surface area contributed by atoms with Gasteiger partial charge in [0.05, 0.1) is 11.5 Å². The number of hydrogen-bond acceptors (Lipinski definition) is 3. The Morgan fingerprint density at radius 3 is 2.38 bits per heavy atom. The van der Waals surface area contributed by atoms with Crippen LogP contribution in [0.2, 0.25) is 0 Å². The van der Waals surface area contributed by atoms with Gasteiger partial charge in [-0.1, -0.05) is 0 Å². The smallest absolute Gasteiger partial charge is 0.230 e. The molecule has 0 spiro atoms. The van der Waals surface area contributed by atoms with Crippen LogP contribution in [0, 0.1) is 5.92 Å². The first kappa shape index (κ1) is 8.88. The van der Waals surface area contributed by atoms with E-state index >= 15 is 0 Å². The third-order valence-corrected chi connectivity index (χ3v) is 3.26. The lowest BCUT2D eigenvalue weighted by molar-refractivity contribution is -0.216. The predicted octanol–water partition coefficient (Wildman–Crippen LogP) is 1.10. The number of fused-ring (bicyclic) bond motifs is 3. The quantitative estimate of drug-likeness (QED) is 0.527. The largest absolute Gasteiger partial charge is 0.360 e. The second kappa shape index (κ2) is 2.21. The van der Waals surface area contributed by atoms with E-state index in [1.165, 1.54) is 0 Å². The summed E-state index contributed by atoms with van der Waals surface area (Å²) in [7, 11) is 0. The van der Waals surface area contributed by atoms with Crippen molar-refractivity contribution in [2.75, 3.05) is 0 Å². The molecule has 2 bridgehead atoms. The van der Waals surface area contributed by atoms with Crippen molar-refractivity contribution in [3.63, 3.8) is 0 Å². The molecule has 2 heterocycles. The van der Waals surface area contributed by atoms with Gasteiger partial charge in [-0.05, 0) is 33.6 Å². The van der Waals surface area contributed by atoms with Crippen molar-refractivity contribution in [3.05, 3.63) is 0 Å². The topological polar surface area (TPSA) is 43.4 Å². The Morgan fingerprint density at radius 1 is 1.31 bits per heavy atom. The van der Waals surface area contributed by atoms with E-state index < -0.39 is 11.2 Å². The molecule has 3 nitrogen and oxygen atoms in total. The van der Waals surface area contributed by atoms with Crippen LogP contribution < -0.4 is 0 Å². The van der Waals surface area contributed by atoms with Gasteiger partial charge in [-0.25, -0.2) is 0 Å². The van der Waals surface area contributed by atoms with Crippen LogP contribution in [-0.4, -0.2) is 22.8 Å². The SMILES string of the molecule is CC1(C)O[C@]2(C)CC[C@H]1C(=O)C2=O. The van der Waals surface area contributed by atoms with E-state index in [4.69, 9.17) is 4.74 Å². The van der Waals surface area contributed by atoms with Gasteiger partial charge in [0.2, 0.25) is 11.6 Å². The van der Waals surface area contributed by atoms with Gasteiger partial charge in [-0.2, -0.15) is 0 Å². The standard InChI is InChI=1S/C10H14O3/c1-9(2)6-4-5-10(3,13-9)8(12)7(6)11/h6H,4-5H2,1-3H3/t6-,10+/m0/s1. The van der Waals surface area contributed by atoms with Crippen molar-refractivity contribution < 1.29 is 14.3 Å². The van der Waals surface area contributed by atoms with E-state index in [2.05, 4.69) is 0 Å². The van der Waals surface area contributed by atoms with Crippen molar-refractivity contribution >= 4 is 11.6 Å². The van der Waals surface area contributed by atoms with Gasteiger partial charge in [-0.3, -0.25) is 9.59 Å². The molecule has 2 saturated heterocycles. The van der Waals surface area contributed by atoms with E-state index in [9.17, 15) is 9.59 Å². The molecule has 2 aliphatic heterocycles. The van der Waals surface area contributed by atoms with Crippen LogP contribution in [0.1, 0.15) is 33.6 Å². The van der Waals surface area contributed by atoms with Crippen molar-refractivity contribution in [2.45, 2.75) is 44.8 Å². The number of ketones is 2. The fraction of sp³-hybridized carbons (Fsp3) is 0.800. The fourth-order valence-electron chi connectivity index (χ4n) is 2.50. The minimum atomic E-state index is -0.838. The summed E-state index contributed by atoms with van der Waals surface area (Å²) in [5.41, 5.74) is -1.30. The molecule has 0 amide bonds. The molecule has 3 heteroatoms. The van der Waals surface area contributed by atoms with Gasteiger partial charge < -0.3 is 4.74 Å². The third kappa shape index (κ3) is 0.998. The lowest BCUT2D eigenvalue weighted by Gasteiger charge is -2.51. The highest BCUT2D eigenvalue weighted by atomic mass is 16.5. The number of hydrogen-bond donors (Lipinski definition) is 0. The van der Waals surface area contributed by atoms with E-state index in [0.717, 1.165) is 6.42 Å². The second-order valence-corrected chi connectivity index (χ2v) is 4.72.